The van der Waals surface area contributed by atoms with E-state index in [9.17, 15) is 14.2 Å². The zero-order valence-electron chi connectivity index (χ0n) is 22.9. The number of nitrogens with zero attached hydrogens (tertiary/aromatic N) is 3. The van der Waals surface area contributed by atoms with Gasteiger partial charge in [0.2, 0.25) is 0 Å². The molecule has 1 saturated carbocycles. The summed E-state index contributed by atoms with van der Waals surface area (Å²) < 4.78 is 52.4. The minimum Gasteiger partial charge on any atom is -0.370 e. The molecule has 15 heteroatoms. The second-order valence-electron chi connectivity index (χ2n) is 10.2. The number of nitriles is 1. The number of hydrogen-bond donors (Lipinski definition) is 1. The molecule has 1 aliphatic carbocycles. The number of hydrogen-bond acceptors (Lipinski definition) is 11. The number of nitrogens with one attached hydrogen (secondary N) is 1. The van der Waals surface area contributed by atoms with Crippen molar-refractivity contribution in [3.63, 3.8) is 0 Å². The van der Waals surface area contributed by atoms with Gasteiger partial charge in [-0.25, -0.2) is 9.46 Å². The van der Waals surface area contributed by atoms with Crippen molar-refractivity contribution >= 4 is 16.1 Å². The van der Waals surface area contributed by atoms with Crippen molar-refractivity contribution in [3.05, 3.63) is 45.0 Å². The lowest BCUT2D eigenvalue weighted by Crippen LogP contribution is -2.43. The van der Waals surface area contributed by atoms with Crippen LogP contribution in [0.25, 0.3) is 0 Å². The molecule has 2 aliphatic heterocycles. The van der Waals surface area contributed by atoms with E-state index >= 15 is 0 Å². The Morgan fingerprint density at radius 1 is 1.31 bits per heavy atom. The molecule has 13 nitrogen and oxygen atoms in total. The van der Waals surface area contributed by atoms with Gasteiger partial charge in [-0.2, -0.15) is 5.26 Å². The van der Waals surface area contributed by atoms with E-state index in [0.717, 1.165) is 0 Å². The molecule has 1 aromatic rings. The van der Waals surface area contributed by atoms with Crippen LogP contribution >= 0.6 is 16.1 Å². The van der Waals surface area contributed by atoms with E-state index in [2.05, 4.69) is 15.7 Å². The van der Waals surface area contributed by atoms with E-state index in [4.69, 9.17) is 32.8 Å². The van der Waals surface area contributed by atoms with Crippen molar-refractivity contribution in [1.82, 2.24) is 14.2 Å². The Morgan fingerprint density at radius 3 is 2.59 bits per heavy atom. The molecule has 1 aromatic heterocycles. The summed E-state index contributed by atoms with van der Waals surface area (Å²) in [5.41, 5.74) is -3.36. The monoisotopic (exact) mass is 586 g/mol. The van der Waals surface area contributed by atoms with Gasteiger partial charge in [0.25, 0.3) is 14.1 Å². The molecular formula is C24H36N4O9P2. The lowest BCUT2D eigenvalue weighted by molar-refractivity contribution is -0.156. The largest absolute Gasteiger partial charge is 0.370 e. The summed E-state index contributed by atoms with van der Waals surface area (Å²) in [5, 5.41) is 9.09. The van der Waals surface area contributed by atoms with Crippen LogP contribution in [0.15, 0.2) is 33.7 Å². The average molecular weight is 587 g/mol. The standard InChI is InChI=1S/C24H36N4O9P2/c1-16(2)28(17(3)4)38(35-12-7-10-25)37-24-15-34-18-14-19(24)23(24,9-13-39(31,32-5)33-6)36-21(18)27-11-8-20(29)26-22(27)30/h8-9,11,13,16-19,21H,7,12,14-15H2,1-6H3,(H,26,29,30)/b13-9+/t18-,19+,21-,23-,24-,38?/m1/s1. The molecule has 2 saturated heterocycles. The van der Waals surface area contributed by atoms with Gasteiger partial charge in [0, 0.05) is 50.3 Å². The summed E-state index contributed by atoms with van der Waals surface area (Å²) in [6.07, 6.45) is 2.28. The van der Waals surface area contributed by atoms with Crippen molar-refractivity contribution < 1.29 is 32.1 Å². The Morgan fingerprint density at radius 2 is 2.00 bits per heavy atom. The van der Waals surface area contributed by atoms with E-state index < -0.39 is 50.9 Å². The molecule has 6 atom stereocenters. The van der Waals surface area contributed by atoms with Gasteiger partial charge in [0.05, 0.1) is 25.7 Å². The van der Waals surface area contributed by atoms with Crippen molar-refractivity contribution in [2.24, 2.45) is 5.92 Å². The highest BCUT2D eigenvalue weighted by atomic mass is 31.2. The average Bonchev–Trinajstić information content (AvgIpc) is 3.50. The highest BCUT2D eigenvalue weighted by Gasteiger charge is 2.84. The number of fused-ring (bicyclic) bond motifs is 2. The van der Waals surface area contributed by atoms with Crippen LogP contribution in [-0.2, 0) is 32.1 Å². The Labute approximate surface area is 228 Å². The lowest BCUT2D eigenvalue weighted by Gasteiger charge is -2.38. The second-order valence-corrected chi connectivity index (χ2v) is 13.7. The Balaban J connectivity index is 1.76. The molecule has 216 valence electrons. The molecular weight excluding hydrogens is 550 g/mol. The molecule has 0 spiro atoms. The number of aromatic nitrogens is 2. The van der Waals surface area contributed by atoms with E-state index in [0.29, 0.717) is 6.42 Å². The maximum absolute atomic E-state index is 13.0. The Kier molecular flexibility index (Phi) is 9.04. The predicted molar refractivity (Wildman–Crippen MR) is 142 cm³/mol. The minimum atomic E-state index is -3.58. The summed E-state index contributed by atoms with van der Waals surface area (Å²) in [6, 6.07) is 3.46. The zero-order chi connectivity index (χ0) is 28.6. The fourth-order valence-corrected chi connectivity index (χ4v) is 8.17. The first kappa shape index (κ1) is 30.3. The van der Waals surface area contributed by atoms with Gasteiger partial charge in [0.15, 0.2) is 6.23 Å². The van der Waals surface area contributed by atoms with Crippen LogP contribution in [0.5, 0.6) is 0 Å². The van der Waals surface area contributed by atoms with Crippen LogP contribution in [0.2, 0.25) is 0 Å². The molecule has 39 heavy (non-hydrogen) atoms. The Hall–Kier alpha value is -1.71. The SMILES string of the molecule is COP(=O)(/C=C/[C@@]12O[C@@H](n3ccc(=O)[nH]c3=O)[C@H]3C[C@@H]1[C@]2(OP(OCCC#N)N(C(C)C)C(C)C)CO3)OC. The maximum atomic E-state index is 13.0. The van der Waals surface area contributed by atoms with Gasteiger partial charge in [-0.1, -0.05) is 0 Å². The molecule has 0 aromatic carbocycles. The summed E-state index contributed by atoms with van der Waals surface area (Å²) in [7, 11) is -2.68. The van der Waals surface area contributed by atoms with Crippen molar-refractivity contribution in [2.45, 2.75) is 76.2 Å². The van der Waals surface area contributed by atoms with Crippen LogP contribution in [-0.4, -0.2) is 71.0 Å². The third kappa shape index (κ3) is 5.47. The number of aromatic amines is 1. The quantitative estimate of drug-likeness (QED) is 0.268. The highest BCUT2D eigenvalue weighted by molar-refractivity contribution is 7.57. The van der Waals surface area contributed by atoms with E-state index in [1.54, 1.807) is 6.08 Å². The summed E-state index contributed by atoms with van der Waals surface area (Å²) in [4.78, 5) is 26.6. The van der Waals surface area contributed by atoms with Crippen LogP contribution in [0.1, 0.15) is 46.8 Å². The second kappa shape index (κ2) is 11.6. The predicted octanol–water partition coefficient (Wildman–Crippen LogP) is 3.25. The lowest BCUT2D eigenvalue weighted by atomic mass is 10.0. The fourth-order valence-electron chi connectivity index (χ4n) is 5.49. The van der Waals surface area contributed by atoms with Gasteiger partial charge >= 0.3 is 13.3 Å². The summed E-state index contributed by atoms with van der Waals surface area (Å²) in [5.74, 6) is 1.12. The van der Waals surface area contributed by atoms with Gasteiger partial charge < -0.3 is 27.6 Å². The first-order valence-electron chi connectivity index (χ1n) is 12.8. The molecule has 3 aliphatic rings. The molecule has 1 unspecified atom stereocenters. The zero-order valence-corrected chi connectivity index (χ0v) is 24.7. The van der Waals surface area contributed by atoms with Crippen LogP contribution < -0.4 is 11.2 Å². The highest BCUT2D eigenvalue weighted by Crippen LogP contribution is 2.73. The van der Waals surface area contributed by atoms with Gasteiger partial charge in [-0.15, -0.1) is 0 Å². The van der Waals surface area contributed by atoms with E-state index in [1.165, 1.54) is 36.9 Å². The van der Waals surface area contributed by atoms with Gasteiger partial charge in [-0.3, -0.25) is 18.9 Å². The molecule has 3 fully saturated rings. The normalized spacial score (nSPS) is 30.7. The van der Waals surface area contributed by atoms with Crippen molar-refractivity contribution in [1.29, 1.82) is 5.26 Å². The van der Waals surface area contributed by atoms with Crippen LogP contribution in [0.3, 0.4) is 0 Å². The van der Waals surface area contributed by atoms with Gasteiger partial charge in [-0.05, 0) is 40.2 Å². The number of H-pyrrole nitrogens is 1. The maximum Gasteiger partial charge on any atom is 0.353 e. The molecule has 2 bridgehead atoms. The fraction of sp³-hybridized carbons (Fsp3) is 0.708. The van der Waals surface area contributed by atoms with Crippen molar-refractivity contribution in [2.75, 3.05) is 27.4 Å². The topological polar surface area (TPSA) is 154 Å². The molecule has 3 heterocycles. The van der Waals surface area contributed by atoms with Crippen molar-refractivity contribution in [3.8, 4) is 6.07 Å². The number of rotatable bonds is 13. The summed E-state index contributed by atoms with van der Waals surface area (Å²) in [6.45, 7) is 8.45. The molecule has 0 radical (unpaired) electrons. The van der Waals surface area contributed by atoms with Crippen LogP contribution in [0, 0.1) is 17.2 Å². The first-order valence-corrected chi connectivity index (χ1v) is 15.5. The van der Waals surface area contributed by atoms with Crippen LogP contribution in [0.4, 0.5) is 0 Å². The summed E-state index contributed by atoms with van der Waals surface area (Å²) >= 11 is 0. The Bertz CT molecular complexity index is 1260. The molecule has 0 amide bonds. The minimum absolute atomic E-state index is 0.0645. The number of ether oxygens (including phenoxy) is 2. The van der Waals surface area contributed by atoms with E-state index in [-0.39, 0.29) is 37.6 Å². The van der Waals surface area contributed by atoms with Gasteiger partial charge in [0.1, 0.15) is 17.3 Å². The third-order valence-electron chi connectivity index (χ3n) is 7.31. The molecule has 1 N–H and O–H groups in total. The third-order valence-corrected chi connectivity index (χ3v) is 11.0. The van der Waals surface area contributed by atoms with E-state index in [1.807, 2.05) is 27.7 Å². The first-order chi connectivity index (χ1) is 18.5. The molecule has 4 rings (SSSR count). The smallest absolute Gasteiger partial charge is 0.353 e.